The molecular formula is C21H26N4O3. The minimum atomic E-state index is -0.236. The van der Waals surface area contributed by atoms with Crippen molar-refractivity contribution < 1.29 is 14.3 Å². The molecule has 2 aliphatic rings. The van der Waals surface area contributed by atoms with Gasteiger partial charge in [-0.3, -0.25) is 9.59 Å². The van der Waals surface area contributed by atoms with Crippen LogP contribution in [0, 0.1) is 0 Å². The number of carbonyl (C=O) groups is 2. The van der Waals surface area contributed by atoms with Gasteiger partial charge in [0, 0.05) is 32.4 Å². The minimum Gasteiger partial charge on any atom is -0.376 e. The summed E-state index contributed by atoms with van der Waals surface area (Å²) in [5, 5.41) is 2.93. The summed E-state index contributed by atoms with van der Waals surface area (Å²) in [4.78, 5) is 32.0. The Morgan fingerprint density at radius 3 is 2.82 bits per heavy atom. The first kappa shape index (κ1) is 18.7. The van der Waals surface area contributed by atoms with E-state index in [0.29, 0.717) is 24.6 Å². The summed E-state index contributed by atoms with van der Waals surface area (Å²) in [6, 6.07) is 9.47. The molecule has 7 nitrogen and oxygen atoms in total. The fourth-order valence-electron chi connectivity index (χ4n) is 3.91. The second-order valence-electron chi connectivity index (χ2n) is 7.38. The maximum Gasteiger partial charge on any atom is 0.287 e. The Kier molecular flexibility index (Phi) is 5.43. The molecule has 1 fully saturated rings. The van der Waals surface area contributed by atoms with E-state index in [0.717, 1.165) is 50.1 Å². The van der Waals surface area contributed by atoms with Gasteiger partial charge in [0.05, 0.1) is 11.8 Å². The summed E-state index contributed by atoms with van der Waals surface area (Å²) in [7, 11) is 1.74. The number of benzene rings is 1. The number of carbonyl (C=O) groups excluding carboxylic acids is 2. The lowest BCUT2D eigenvalue weighted by Crippen LogP contribution is -2.34. The van der Waals surface area contributed by atoms with Crippen LogP contribution in [0.25, 0.3) is 0 Å². The Labute approximate surface area is 164 Å². The fourth-order valence-corrected chi connectivity index (χ4v) is 3.91. The van der Waals surface area contributed by atoms with Crippen LogP contribution >= 0.6 is 0 Å². The van der Waals surface area contributed by atoms with Crippen molar-refractivity contribution in [3.63, 3.8) is 0 Å². The lowest BCUT2D eigenvalue weighted by atomic mass is 10.1. The van der Waals surface area contributed by atoms with Gasteiger partial charge in [-0.2, -0.15) is 0 Å². The standard InChI is InChI=1S/C21H26N4O3/c1-24(15-8-3-2-4-9-15)21(27)18-17-11-5-6-12-25(17)19(23-18)20(26)22-14-16-10-7-13-28-16/h2-4,8-9,16H,5-7,10-14H2,1H3,(H,22,26). The van der Waals surface area contributed by atoms with Gasteiger partial charge < -0.3 is 19.5 Å². The van der Waals surface area contributed by atoms with Gasteiger partial charge in [0.2, 0.25) is 0 Å². The second-order valence-corrected chi connectivity index (χ2v) is 7.38. The van der Waals surface area contributed by atoms with Crippen molar-refractivity contribution in [2.45, 2.75) is 44.8 Å². The summed E-state index contributed by atoms with van der Waals surface area (Å²) < 4.78 is 7.49. The SMILES string of the molecule is CN(C(=O)c1nc(C(=O)NCC2CCCO2)n2c1CCCC2)c1ccccc1. The van der Waals surface area contributed by atoms with Gasteiger partial charge in [-0.05, 0) is 44.2 Å². The van der Waals surface area contributed by atoms with Gasteiger partial charge in [-0.1, -0.05) is 18.2 Å². The first-order chi connectivity index (χ1) is 13.6. The van der Waals surface area contributed by atoms with E-state index in [1.807, 2.05) is 34.9 Å². The van der Waals surface area contributed by atoms with Crippen molar-refractivity contribution in [2.75, 3.05) is 25.1 Å². The number of ether oxygens (including phenoxy) is 1. The molecule has 0 radical (unpaired) electrons. The molecule has 0 aliphatic carbocycles. The van der Waals surface area contributed by atoms with Crippen molar-refractivity contribution in [3.05, 3.63) is 47.5 Å². The zero-order valence-electron chi connectivity index (χ0n) is 16.2. The summed E-state index contributed by atoms with van der Waals surface area (Å²) >= 11 is 0. The number of anilines is 1. The molecule has 1 saturated heterocycles. The van der Waals surface area contributed by atoms with Crippen LogP contribution in [0.2, 0.25) is 0 Å². The molecule has 4 rings (SSSR count). The molecule has 148 valence electrons. The Hall–Kier alpha value is -2.67. The molecule has 1 aromatic carbocycles. The topological polar surface area (TPSA) is 76.5 Å². The molecule has 1 aromatic heterocycles. The van der Waals surface area contributed by atoms with Crippen LogP contribution in [0.15, 0.2) is 30.3 Å². The Morgan fingerprint density at radius 2 is 2.07 bits per heavy atom. The van der Waals surface area contributed by atoms with Crippen molar-refractivity contribution in [1.82, 2.24) is 14.9 Å². The summed E-state index contributed by atoms with van der Waals surface area (Å²) in [6.07, 6.45) is 4.81. The molecular weight excluding hydrogens is 356 g/mol. The number of nitrogens with zero attached hydrogens (tertiary/aromatic N) is 3. The van der Waals surface area contributed by atoms with Gasteiger partial charge in [-0.15, -0.1) is 0 Å². The average Bonchev–Trinajstić information content (AvgIpc) is 3.39. The minimum absolute atomic E-state index is 0.0741. The first-order valence-corrected chi connectivity index (χ1v) is 9.97. The van der Waals surface area contributed by atoms with Crippen LogP contribution < -0.4 is 10.2 Å². The Morgan fingerprint density at radius 1 is 1.25 bits per heavy atom. The molecule has 1 unspecified atom stereocenters. The van der Waals surface area contributed by atoms with Crippen LogP contribution in [-0.2, 0) is 17.7 Å². The van der Waals surface area contributed by atoms with Crippen LogP contribution in [0.5, 0.6) is 0 Å². The van der Waals surface area contributed by atoms with Gasteiger partial charge in [0.1, 0.15) is 0 Å². The van der Waals surface area contributed by atoms with E-state index in [1.165, 1.54) is 0 Å². The van der Waals surface area contributed by atoms with Gasteiger partial charge in [0.25, 0.3) is 11.8 Å². The van der Waals surface area contributed by atoms with Gasteiger partial charge in [-0.25, -0.2) is 4.98 Å². The summed E-state index contributed by atoms with van der Waals surface area (Å²) in [6.45, 7) is 1.95. The number of amides is 2. The molecule has 2 aromatic rings. The van der Waals surface area contributed by atoms with E-state index in [9.17, 15) is 9.59 Å². The molecule has 0 bridgehead atoms. The number of aromatic nitrogens is 2. The number of nitrogens with one attached hydrogen (secondary N) is 1. The predicted molar refractivity (Wildman–Crippen MR) is 106 cm³/mol. The smallest absolute Gasteiger partial charge is 0.287 e. The quantitative estimate of drug-likeness (QED) is 0.862. The molecule has 0 spiro atoms. The maximum absolute atomic E-state index is 13.1. The third-order valence-electron chi connectivity index (χ3n) is 5.49. The molecule has 28 heavy (non-hydrogen) atoms. The zero-order valence-corrected chi connectivity index (χ0v) is 16.2. The van der Waals surface area contributed by atoms with Crippen LogP contribution in [-0.4, -0.2) is 47.7 Å². The third kappa shape index (κ3) is 3.67. The first-order valence-electron chi connectivity index (χ1n) is 9.97. The average molecular weight is 382 g/mol. The molecule has 7 heteroatoms. The van der Waals surface area contributed by atoms with E-state index in [2.05, 4.69) is 10.3 Å². The highest BCUT2D eigenvalue weighted by Gasteiger charge is 2.29. The van der Waals surface area contributed by atoms with Crippen LogP contribution in [0.3, 0.4) is 0 Å². The Bertz CT molecular complexity index is 856. The lowest BCUT2D eigenvalue weighted by Gasteiger charge is -2.19. The highest BCUT2D eigenvalue weighted by atomic mass is 16.5. The Balaban J connectivity index is 1.57. The molecule has 1 atom stereocenters. The summed E-state index contributed by atoms with van der Waals surface area (Å²) in [5.41, 5.74) is 2.05. The van der Waals surface area contributed by atoms with Crippen LogP contribution in [0.4, 0.5) is 5.69 Å². The highest BCUT2D eigenvalue weighted by molar-refractivity contribution is 6.06. The second kappa shape index (κ2) is 8.14. The lowest BCUT2D eigenvalue weighted by molar-refractivity contribution is 0.0845. The number of fused-ring (bicyclic) bond motifs is 1. The maximum atomic E-state index is 13.1. The van der Waals surface area contributed by atoms with Gasteiger partial charge >= 0.3 is 0 Å². The van der Waals surface area contributed by atoms with E-state index in [1.54, 1.807) is 11.9 Å². The van der Waals surface area contributed by atoms with E-state index >= 15 is 0 Å². The molecule has 3 heterocycles. The predicted octanol–water partition coefficient (Wildman–Crippen LogP) is 2.40. The normalized spacial score (nSPS) is 18.5. The monoisotopic (exact) mass is 382 g/mol. The van der Waals surface area contributed by atoms with Gasteiger partial charge in [0.15, 0.2) is 11.5 Å². The largest absolute Gasteiger partial charge is 0.376 e. The number of imidazole rings is 1. The molecule has 1 N–H and O–H groups in total. The van der Waals surface area contributed by atoms with E-state index in [-0.39, 0.29) is 17.9 Å². The third-order valence-corrected chi connectivity index (χ3v) is 5.49. The van der Waals surface area contributed by atoms with Crippen LogP contribution in [0.1, 0.15) is 52.5 Å². The molecule has 2 amide bonds. The number of para-hydroxylation sites is 1. The van der Waals surface area contributed by atoms with Crippen molar-refractivity contribution in [2.24, 2.45) is 0 Å². The fraction of sp³-hybridized carbons (Fsp3) is 0.476. The number of hydrogen-bond donors (Lipinski definition) is 1. The molecule has 2 aliphatic heterocycles. The van der Waals surface area contributed by atoms with Crippen molar-refractivity contribution >= 4 is 17.5 Å². The summed E-state index contributed by atoms with van der Waals surface area (Å²) in [5.74, 6) is -0.0902. The molecule has 0 saturated carbocycles. The van der Waals surface area contributed by atoms with E-state index in [4.69, 9.17) is 4.74 Å². The van der Waals surface area contributed by atoms with Crippen molar-refractivity contribution in [1.29, 1.82) is 0 Å². The van der Waals surface area contributed by atoms with Crippen molar-refractivity contribution in [3.8, 4) is 0 Å². The number of rotatable bonds is 5. The zero-order chi connectivity index (χ0) is 19.5. The highest BCUT2D eigenvalue weighted by Crippen LogP contribution is 2.24. The van der Waals surface area contributed by atoms with E-state index < -0.39 is 0 Å². The number of hydrogen-bond acceptors (Lipinski definition) is 4.